The first kappa shape index (κ1) is 15.3. The average molecular weight is 268 g/mol. The minimum atomic E-state index is 0.123. The number of ether oxygens (including phenoxy) is 1. The Morgan fingerprint density at radius 1 is 1.26 bits per heavy atom. The summed E-state index contributed by atoms with van der Waals surface area (Å²) < 4.78 is 5.52. The summed E-state index contributed by atoms with van der Waals surface area (Å²) in [5.41, 5.74) is 6.83. The van der Waals surface area contributed by atoms with Crippen LogP contribution in [0, 0.1) is 16.7 Å². The summed E-state index contributed by atoms with van der Waals surface area (Å²) in [5, 5.41) is 3.73. The summed E-state index contributed by atoms with van der Waals surface area (Å²) in [5.74, 6) is 0.799. The van der Waals surface area contributed by atoms with E-state index >= 15 is 0 Å². The fraction of sp³-hybridized carbons (Fsp3) is 1.00. The van der Waals surface area contributed by atoms with Crippen LogP contribution in [-0.4, -0.2) is 32.3 Å². The molecule has 2 unspecified atom stereocenters. The lowest BCUT2D eigenvalue weighted by molar-refractivity contribution is 0.151. The van der Waals surface area contributed by atoms with Gasteiger partial charge in [0.05, 0.1) is 13.2 Å². The Kier molecular flexibility index (Phi) is 4.91. The quantitative estimate of drug-likeness (QED) is 0.778. The van der Waals surface area contributed by atoms with Crippen molar-refractivity contribution >= 4 is 0 Å². The van der Waals surface area contributed by atoms with Crippen LogP contribution in [0.25, 0.3) is 0 Å². The van der Waals surface area contributed by atoms with Crippen LogP contribution in [-0.2, 0) is 4.74 Å². The average Bonchev–Trinajstić information content (AvgIpc) is 2.88. The van der Waals surface area contributed by atoms with Gasteiger partial charge in [0.25, 0.3) is 0 Å². The molecule has 2 fully saturated rings. The molecule has 3 nitrogen and oxygen atoms in total. The lowest BCUT2D eigenvalue weighted by Gasteiger charge is -2.34. The van der Waals surface area contributed by atoms with E-state index in [2.05, 4.69) is 26.1 Å². The van der Waals surface area contributed by atoms with Crippen LogP contribution < -0.4 is 11.1 Å². The fourth-order valence-electron chi connectivity index (χ4n) is 3.97. The van der Waals surface area contributed by atoms with E-state index in [0.29, 0.717) is 5.41 Å². The van der Waals surface area contributed by atoms with Crippen LogP contribution in [0.1, 0.15) is 52.9 Å². The summed E-state index contributed by atoms with van der Waals surface area (Å²) in [6, 6.07) is 0.185. The Labute approximate surface area is 118 Å². The highest BCUT2D eigenvalue weighted by atomic mass is 16.5. The highest BCUT2D eigenvalue weighted by molar-refractivity contribution is 4.93. The molecular weight excluding hydrogens is 236 g/mol. The van der Waals surface area contributed by atoms with Crippen LogP contribution in [0.2, 0.25) is 0 Å². The maximum atomic E-state index is 6.16. The molecule has 0 radical (unpaired) electrons. The molecule has 1 aliphatic heterocycles. The van der Waals surface area contributed by atoms with E-state index in [0.717, 1.165) is 32.2 Å². The second kappa shape index (κ2) is 6.11. The molecule has 1 saturated heterocycles. The fourth-order valence-corrected chi connectivity index (χ4v) is 3.97. The first-order valence-corrected chi connectivity index (χ1v) is 8.00. The molecule has 1 saturated carbocycles. The lowest BCUT2D eigenvalue weighted by atomic mass is 9.78. The number of nitrogens with one attached hydrogen (secondary N) is 1. The van der Waals surface area contributed by atoms with Crippen LogP contribution in [0.4, 0.5) is 0 Å². The maximum Gasteiger partial charge on any atom is 0.0624 e. The molecule has 2 rings (SSSR count). The Bertz CT molecular complexity index is 286. The number of nitrogens with two attached hydrogens (primary N) is 1. The molecular formula is C16H32N2O. The predicted octanol–water partition coefficient (Wildman–Crippen LogP) is 2.55. The first-order valence-electron chi connectivity index (χ1n) is 8.00. The topological polar surface area (TPSA) is 47.3 Å². The first-order chi connectivity index (χ1) is 8.96. The minimum Gasteiger partial charge on any atom is -0.379 e. The van der Waals surface area contributed by atoms with Gasteiger partial charge in [-0.15, -0.1) is 0 Å². The van der Waals surface area contributed by atoms with Gasteiger partial charge < -0.3 is 15.8 Å². The third-order valence-corrected chi connectivity index (χ3v) is 5.16. The molecule has 2 aliphatic rings. The van der Waals surface area contributed by atoms with Crippen molar-refractivity contribution in [2.75, 3.05) is 26.3 Å². The van der Waals surface area contributed by atoms with E-state index < -0.39 is 0 Å². The van der Waals surface area contributed by atoms with Crippen LogP contribution in [0.15, 0.2) is 0 Å². The van der Waals surface area contributed by atoms with E-state index in [1.54, 1.807) is 0 Å². The van der Waals surface area contributed by atoms with E-state index in [9.17, 15) is 0 Å². The summed E-state index contributed by atoms with van der Waals surface area (Å²) in [6.07, 6.45) is 6.98. The lowest BCUT2D eigenvalue weighted by Crippen LogP contribution is -2.47. The normalized spacial score (nSPS) is 34.3. The number of rotatable bonds is 6. The molecule has 0 aromatic heterocycles. The van der Waals surface area contributed by atoms with Gasteiger partial charge in [0, 0.05) is 24.5 Å². The van der Waals surface area contributed by atoms with Gasteiger partial charge >= 0.3 is 0 Å². The Morgan fingerprint density at radius 3 is 2.47 bits per heavy atom. The molecule has 2 atom stereocenters. The molecule has 0 aromatic carbocycles. The van der Waals surface area contributed by atoms with Crippen LogP contribution in [0.3, 0.4) is 0 Å². The summed E-state index contributed by atoms with van der Waals surface area (Å²) in [4.78, 5) is 0. The molecule has 0 aromatic rings. The smallest absolute Gasteiger partial charge is 0.0624 e. The molecule has 1 aliphatic carbocycles. The standard InChI is InChI=1S/C16H32N2O/c1-13(2)8-16(6-4-5-7-16)11-18-10-15(3)12-19-9-14(15)17/h13-14,18H,4-12,17H2,1-3H3. The third kappa shape index (κ3) is 3.71. The maximum absolute atomic E-state index is 6.16. The number of hydrogen-bond donors (Lipinski definition) is 2. The van der Waals surface area contributed by atoms with E-state index in [4.69, 9.17) is 10.5 Å². The van der Waals surface area contributed by atoms with E-state index in [1.165, 1.54) is 32.1 Å². The van der Waals surface area contributed by atoms with Crippen molar-refractivity contribution in [1.82, 2.24) is 5.32 Å². The molecule has 3 N–H and O–H groups in total. The van der Waals surface area contributed by atoms with Gasteiger partial charge in [-0.25, -0.2) is 0 Å². The van der Waals surface area contributed by atoms with Crippen molar-refractivity contribution in [2.24, 2.45) is 22.5 Å². The van der Waals surface area contributed by atoms with Gasteiger partial charge in [-0.3, -0.25) is 0 Å². The highest BCUT2D eigenvalue weighted by Crippen LogP contribution is 2.42. The van der Waals surface area contributed by atoms with Crippen LogP contribution in [0.5, 0.6) is 0 Å². The Hall–Kier alpha value is -0.120. The summed E-state index contributed by atoms with van der Waals surface area (Å²) in [7, 11) is 0. The van der Waals surface area contributed by atoms with Gasteiger partial charge in [0.15, 0.2) is 0 Å². The van der Waals surface area contributed by atoms with Crippen molar-refractivity contribution in [1.29, 1.82) is 0 Å². The zero-order valence-electron chi connectivity index (χ0n) is 13.0. The van der Waals surface area contributed by atoms with Crippen molar-refractivity contribution in [2.45, 2.75) is 58.9 Å². The Balaban J connectivity index is 1.82. The highest BCUT2D eigenvalue weighted by Gasteiger charge is 2.39. The molecule has 19 heavy (non-hydrogen) atoms. The third-order valence-electron chi connectivity index (χ3n) is 5.16. The van der Waals surface area contributed by atoms with Crippen molar-refractivity contribution in [3.8, 4) is 0 Å². The molecule has 3 heteroatoms. The van der Waals surface area contributed by atoms with Crippen molar-refractivity contribution in [3.05, 3.63) is 0 Å². The molecule has 0 bridgehead atoms. The number of hydrogen-bond acceptors (Lipinski definition) is 3. The summed E-state index contributed by atoms with van der Waals surface area (Å²) >= 11 is 0. The minimum absolute atomic E-state index is 0.123. The van der Waals surface area contributed by atoms with Crippen molar-refractivity contribution in [3.63, 3.8) is 0 Å². The van der Waals surface area contributed by atoms with Gasteiger partial charge in [-0.05, 0) is 30.6 Å². The predicted molar refractivity (Wildman–Crippen MR) is 80.1 cm³/mol. The SMILES string of the molecule is CC(C)CC1(CNCC2(C)COCC2N)CCCC1. The monoisotopic (exact) mass is 268 g/mol. The zero-order valence-corrected chi connectivity index (χ0v) is 13.0. The van der Waals surface area contributed by atoms with Gasteiger partial charge in [0.2, 0.25) is 0 Å². The molecule has 0 amide bonds. The second-order valence-electron chi connectivity index (χ2n) is 7.68. The van der Waals surface area contributed by atoms with Gasteiger partial charge in [0.1, 0.15) is 0 Å². The largest absolute Gasteiger partial charge is 0.379 e. The van der Waals surface area contributed by atoms with Crippen molar-refractivity contribution < 1.29 is 4.74 Å². The van der Waals surface area contributed by atoms with Gasteiger partial charge in [-0.1, -0.05) is 33.6 Å². The Morgan fingerprint density at radius 2 is 1.95 bits per heavy atom. The molecule has 112 valence electrons. The zero-order chi connectivity index (χ0) is 13.9. The second-order valence-corrected chi connectivity index (χ2v) is 7.68. The van der Waals surface area contributed by atoms with Gasteiger partial charge in [-0.2, -0.15) is 0 Å². The van der Waals surface area contributed by atoms with E-state index in [-0.39, 0.29) is 11.5 Å². The summed E-state index contributed by atoms with van der Waals surface area (Å²) in [6.45, 7) is 10.6. The van der Waals surface area contributed by atoms with E-state index in [1.807, 2.05) is 0 Å². The molecule has 0 spiro atoms. The van der Waals surface area contributed by atoms with Crippen LogP contribution >= 0.6 is 0 Å². The molecule has 1 heterocycles.